The van der Waals surface area contributed by atoms with Crippen LogP contribution in [0.1, 0.15) is 25.7 Å². The highest BCUT2D eigenvalue weighted by Crippen LogP contribution is 2.26. The summed E-state index contributed by atoms with van der Waals surface area (Å²) < 4.78 is 0. The fourth-order valence-corrected chi connectivity index (χ4v) is 2.20. The molecular formula is C11H20ClNO. The van der Waals surface area contributed by atoms with Gasteiger partial charge in [0.05, 0.1) is 0 Å². The van der Waals surface area contributed by atoms with Gasteiger partial charge in [-0.05, 0) is 38.6 Å². The monoisotopic (exact) mass is 217 g/mol. The summed E-state index contributed by atoms with van der Waals surface area (Å²) in [5, 5.41) is 9.02. The quantitative estimate of drug-likeness (QED) is 0.781. The minimum absolute atomic E-state index is 0.359. The van der Waals surface area contributed by atoms with Crippen molar-refractivity contribution in [1.29, 1.82) is 0 Å². The number of aliphatic hydroxyl groups is 1. The Hall–Kier alpha value is -0.0500. The molecule has 1 rings (SSSR count). The lowest BCUT2D eigenvalue weighted by molar-refractivity contribution is 0.134. The number of halogens is 1. The van der Waals surface area contributed by atoms with E-state index in [1.165, 1.54) is 12.8 Å². The van der Waals surface area contributed by atoms with E-state index >= 15 is 0 Å². The minimum atomic E-state index is 0.359. The van der Waals surface area contributed by atoms with Crippen molar-refractivity contribution in [2.75, 3.05) is 20.2 Å². The summed E-state index contributed by atoms with van der Waals surface area (Å²) in [5.74, 6) is 0.545. The third-order valence-electron chi connectivity index (χ3n) is 3.18. The number of hydrogen-bond donors (Lipinski definition) is 1. The van der Waals surface area contributed by atoms with E-state index in [-0.39, 0.29) is 0 Å². The molecule has 1 N–H and O–H groups in total. The molecule has 14 heavy (non-hydrogen) atoms. The van der Waals surface area contributed by atoms with Crippen LogP contribution in [0.2, 0.25) is 0 Å². The van der Waals surface area contributed by atoms with Gasteiger partial charge >= 0.3 is 0 Å². The Balaban J connectivity index is 2.26. The fourth-order valence-electron chi connectivity index (χ4n) is 2.12. The van der Waals surface area contributed by atoms with Gasteiger partial charge in [0.1, 0.15) is 0 Å². The molecular weight excluding hydrogens is 198 g/mol. The zero-order chi connectivity index (χ0) is 10.4. The molecule has 0 radical (unpaired) electrons. The Morgan fingerprint density at radius 2 is 2.00 bits per heavy atom. The van der Waals surface area contributed by atoms with E-state index in [1.54, 1.807) is 5.54 Å². The number of nitrogens with zero attached hydrogens (tertiary/aromatic N) is 1. The second-order valence-electron chi connectivity index (χ2n) is 4.16. The third kappa shape index (κ3) is 3.60. The van der Waals surface area contributed by atoms with Crippen LogP contribution in [-0.4, -0.2) is 36.2 Å². The van der Waals surface area contributed by atoms with Crippen LogP contribution in [0.25, 0.3) is 0 Å². The van der Waals surface area contributed by atoms with Crippen molar-refractivity contribution in [3.05, 3.63) is 11.6 Å². The van der Waals surface area contributed by atoms with Gasteiger partial charge in [-0.25, -0.2) is 0 Å². The number of hydrogen-bond acceptors (Lipinski definition) is 2. The molecule has 82 valence electrons. The first kappa shape index (κ1) is 12.0. The molecule has 0 saturated heterocycles. The summed E-state index contributed by atoms with van der Waals surface area (Å²) in [6.45, 7) is 1.29. The van der Waals surface area contributed by atoms with Crippen molar-refractivity contribution in [3.63, 3.8) is 0 Å². The summed E-state index contributed by atoms with van der Waals surface area (Å²) in [6, 6.07) is 0.672. The first-order chi connectivity index (χ1) is 6.77. The second-order valence-corrected chi connectivity index (χ2v) is 4.41. The van der Waals surface area contributed by atoms with E-state index in [9.17, 15) is 0 Å². The zero-order valence-electron chi connectivity index (χ0n) is 8.82. The van der Waals surface area contributed by atoms with E-state index in [4.69, 9.17) is 16.7 Å². The van der Waals surface area contributed by atoms with Crippen LogP contribution in [0.4, 0.5) is 0 Å². The standard InChI is InChI=1S/C11H20ClNO/c1-13(8-2-7-12)11-5-3-10(9-14)4-6-11/h2,7,10-11,14H,3-6,8-9H2,1H3/b7-2+. The predicted octanol–water partition coefficient (Wildman–Crippen LogP) is 2.22. The molecule has 0 aromatic rings. The largest absolute Gasteiger partial charge is 0.396 e. The summed E-state index contributed by atoms with van der Waals surface area (Å²) in [4.78, 5) is 2.34. The van der Waals surface area contributed by atoms with Crippen molar-refractivity contribution >= 4 is 11.6 Å². The average Bonchev–Trinajstić information content (AvgIpc) is 2.26. The summed E-state index contributed by atoms with van der Waals surface area (Å²) in [6.07, 6.45) is 6.71. The third-order valence-corrected chi connectivity index (χ3v) is 3.36. The molecule has 0 spiro atoms. The molecule has 2 nitrogen and oxygen atoms in total. The van der Waals surface area contributed by atoms with Gasteiger partial charge in [-0.15, -0.1) is 0 Å². The van der Waals surface area contributed by atoms with Crippen LogP contribution in [0.5, 0.6) is 0 Å². The van der Waals surface area contributed by atoms with E-state index in [0.29, 0.717) is 18.6 Å². The molecule has 0 aromatic heterocycles. The normalized spacial score (nSPS) is 28.9. The first-order valence-electron chi connectivity index (χ1n) is 5.34. The predicted molar refractivity (Wildman–Crippen MR) is 60.5 cm³/mol. The zero-order valence-corrected chi connectivity index (χ0v) is 9.58. The number of rotatable bonds is 4. The van der Waals surface area contributed by atoms with Gasteiger partial charge in [0, 0.05) is 24.7 Å². The van der Waals surface area contributed by atoms with E-state index in [0.717, 1.165) is 19.4 Å². The molecule has 0 aliphatic heterocycles. The van der Waals surface area contributed by atoms with Crippen LogP contribution >= 0.6 is 11.6 Å². The van der Waals surface area contributed by atoms with Crippen LogP contribution in [0.3, 0.4) is 0 Å². The van der Waals surface area contributed by atoms with Crippen molar-refractivity contribution in [2.45, 2.75) is 31.7 Å². The van der Waals surface area contributed by atoms with E-state index in [1.807, 2.05) is 6.08 Å². The molecule has 3 heteroatoms. The Morgan fingerprint density at radius 3 is 2.50 bits per heavy atom. The van der Waals surface area contributed by atoms with E-state index in [2.05, 4.69) is 11.9 Å². The Morgan fingerprint density at radius 1 is 1.36 bits per heavy atom. The van der Waals surface area contributed by atoms with Gasteiger partial charge < -0.3 is 5.11 Å². The Bertz CT molecular complexity index is 176. The Kier molecular flexibility index (Phi) is 5.53. The van der Waals surface area contributed by atoms with E-state index < -0.39 is 0 Å². The molecule has 0 bridgehead atoms. The lowest BCUT2D eigenvalue weighted by Crippen LogP contribution is -2.35. The molecule has 0 atom stereocenters. The smallest absolute Gasteiger partial charge is 0.0459 e. The second kappa shape index (κ2) is 6.44. The molecule has 1 fully saturated rings. The molecule has 0 aromatic carbocycles. The van der Waals surface area contributed by atoms with Gasteiger partial charge in [-0.2, -0.15) is 0 Å². The molecule has 1 saturated carbocycles. The molecule has 0 unspecified atom stereocenters. The molecule has 0 amide bonds. The van der Waals surface area contributed by atoms with Crippen molar-refractivity contribution in [3.8, 4) is 0 Å². The first-order valence-corrected chi connectivity index (χ1v) is 5.78. The number of likely N-dealkylation sites (N-methyl/N-ethyl adjacent to an activating group) is 1. The number of aliphatic hydroxyl groups excluding tert-OH is 1. The molecule has 1 aliphatic carbocycles. The van der Waals surface area contributed by atoms with Crippen LogP contribution < -0.4 is 0 Å². The summed E-state index contributed by atoms with van der Waals surface area (Å²) in [5.41, 5.74) is 1.58. The highest BCUT2D eigenvalue weighted by molar-refractivity contribution is 6.25. The maximum Gasteiger partial charge on any atom is 0.0459 e. The average molecular weight is 218 g/mol. The van der Waals surface area contributed by atoms with Crippen LogP contribution in [0, 0.1) is 5.92 Å². The summed E-state index contributed by atoms with van der Waals surface area (Å²) in [7, 11) is 2.14. The summed E-state index contributed by atoms with van der Waals surface area (Å²) >= 11 is 5.49. The highest BCUT2D eigenvalue weighted by atomic mass is 35.5. The van der Waals surface area contributed by atoms with Gasteiger partial charge in [0.15, 0.2) is 0 Å². The van der Waals surface area contributed by atoms with Gasteiger partial charge in [-0.1, -0.05) is 17.7 Å². The van der Waals surface area contributed by atoms with Crippen molar-refractivity contribution < 1.29 is 5.11 Å². The van der Waals surface area contributed by atoms with Crippen LogP contribution in [-0.2, 0) is 0 Å². The van der Waals surface area contributed by atoms with Gasteiger partial charge in [0.25, 0.3) is 0 Å². The van der Waals surface area contributed by atoms with Crippen molar-refractivity contribution in [2.24, 2.45) is 5.92 Å². The molecule has 0 heterocycles. The SMILES string of the molecule is CN(C/C=C/Cl)C1CCC(CO)CC1. The van der Waals surface area contributed by atoms with Crippen LogP contribution in [0.15, 0.2) is 11.6 Å². The lowest BCUT2D eigenvalue weighted by Gasteiger charge is -2.33. The van der Waals surface area contributed by atoms with Crippen molar-refractivity contribution in [1.82, 2.24) is 4.90 Å². The van der Waals surface area contributed by atoms with Gasteiger partial charge in [0.2, 0.25) is 0 Å². The maximum atomic E-state index is 9.02. The highest BCUT2D eigenvalue weighted by Gasteiger charge is 2.22. The lowest BCUT2D eigenvalue weighted by atomic mass is 9.86. The fraction of sp³-hybridized carbons (Fsp3) is 0.818. The maximum absolute atomic E-state index is 9.02. The molecule has 1 aliphatic rings. The Labute approximate surface area is 91.6 Å². The minimum Gasteiger partial charge on any atom is -0.396 e. The van der Waals surface area contributed by atoms with Gasteiger partial charge in [-0.3, -0.25) is 4.90 Å². The topological polar surface area (TPSA) is 23.5 Å².